The second-order valence-electron chi connectivity index (χ2n) is 4.56. The molecule has 0 aromatic carbocycles. The first-order chi connectivity index (χ1) is 7.11. The van der Waals surface area contributed by atoms with Gasteiger partial charge in [-0.25, -0.2) is 0 Å². The van der Waals surface area contributed by atoms with E-state index in [-0.39, 0.29) is 0 Å². The lowest BCUT2D eigenvalue weighted by Gasteiger charge is -2.18. The van der Waals surface area contributed by atoms with Crippen LogP contribution in [0.5, 0.6) is 0 Å². The molecule has 0 aromatic rings. The van der Waals surface area contributed by atoms with Crippen LogP contribution in [0.4, 0.5) is 0 Å². The number of carbonyl (C=O) groups excluding carboxylic acids is 1. The Kier molecular flexibility index (Phi) is 8.44. The molecular weight excluding hydrogens is 186 g/mol. The van der Waals surface area contributed by atoms with Crippen molar-refractivity contribution in [2.75, 3.05) is 13.1 Å². The molecule has 0 saturated heterocycles. The highest BCUT2D eigenvalue weighted by Crippen LogP contribution is 2.10. The summed E-state index contributed by atoms with van der Waals surface area (Å²) >= 11 is 0. The second kappa shape index (κ2) is 8.75. The van der Waals surface area contributed by atoms with Crippen LogP contribution in [0.3, 0.4) is 0 Å². The predicted molar refractivity (Wildman–Crippen MR) is 65.9 cm³/mol. The average molecular weight is 213 g/mol. The topological polar surface area (TPSA) is 20.3 Å². The summed E-state index contributed by atoms with van der Waals surface area (Å²) < 4.78 is 0. The molecule has 2 heteroatoms. The number of amides is 1. The summed E-state index contributed by atoms with van der Waals surface area (Å²) in [5, 5.41) is 0. The molecule has 15 heavy (non-hydrogen) atoms. The average Bonchev–Trinajstić information content (AvgIpc) is 2.18. The lowest BCUT2D eigenvalue weighted by Crippen LogP contribution is -2.30. The number of rotatable bonds is 8. The van der Waals surface area contributed by atoms with Gasteiger partial charge in [-0.3, -0.25) is 4.79 Å². The molecule has 90 valence electrons. The van der Waals surface area contributed by atoms with Crippen molar-refractivity contribution in [1.29, 1.82) is 0 Å². The molecule has 0 atom stereocenters. The molecule has 0 saturated carbocycles. The van der Waals surface area contributed by atoms with E-state index in [2.05, 4.69) is 13.8 Å². The molecule has 0 aliphatic heterocycles. The van der Waals surface area contributed by atoms with Gasteiger partial charge >= 0.3 is 0 Å². The first-order valence-corrected chi connectivity index (χ1v) is 6.39. The second-order valence-corrected chi connectivity index (χ2v) is 4.56. The van der Waals surface area contributed by atoms with Crippen LogP contribution in [0.15, 0.2) is 0 Å². The van der Waals surface area contributed by atoms with E-state index in [4.69, 9.17) is 0 Å². The van der Waals surface area contributed by atoms with Gasteiger partial charge in [-0.05, 0) is 26.2 Å². The Hall–Kier alpha value is -0.530. The fraction of sp³-hybridized carbons (Fsp3) is 0.923. The van der Waals surface area contributed by atoms with Gasteiger partial charge in [0.05, 0.1) is 0 Å². The van der Waals surface area contributed by atoms with Gasteiger partial charge in [0.25, 0.3) is 0 Å². The third kappa shape index (κ3) is 7.40. The van der Waals surface area contributed by atoms with Crippen molar-refractivity contribution in [2.45, 2.75) is 59.8 Å². The maximum absolute atomic E-state index is 11.6. The van der Waals surface area contributed by atoms with E-state index in [1.807, 2.05) is 18.7 Å². The van der Waals surface area contributed by atoms with E-state index >= 15 is 0 Å². The van der Waals surface area contributed by atoms with Crippen LogP contribution >= 0.6 is 0 Å². The fourth-order valence-electron chi connectivity index (χ4n) is 1.74. The van der Waals surface area contributed by atoms with Crippen LogP contribution < -0.4 is 0 Å². The number of unbranched alkanes of at least 4 members (excludes halogenated alkanes) is 2. The van der Waals surface area contributed by atoms with E-state index in [1.165, 1.54) is 19.3 Å². The first kappa shape index (κ1) is 14.5. The van der Waals surface area contributed by atoms with E-state index < -0.39 is 0 Å². The number of nitrogens with zero attached hydrogens (tertiary/aromatic N) is 1. The summed E-state index contributed by atoms with van der Waals surface area (Å²) in [6, 6.07) is 0. The van der Waals surface area contributed by atoms with Crippen LogP contribution in [0.25, 0.3) is 0 Å². The molecule has 2 nitrogen and oxygen atoms in total. The van der Waals surface area contributed by atoms with Gasteiger partial charge in [-0.2, -0.15) is 0 Å². The predicted octanol–water partition coefficient (Wildman–Crippen LogP) is 3.46. The van der Waals surface area contributed by atoms with Crippen molar-refractivity contribution in [3.05, 3.63) is 0 Å². The summed E-state index contributed by atoms with van der Waals surface area (Å²) in [5.41, 5.74) is 0. The third-order valence-corrected chi connectivity index (χ3v) is 2.79. The molecule has 0 aliphatic carbocycles. The Labute approximate surface area is 95.0 Å². The molecule has 0 fully saturated rings. The molecule has 0 aliphatic rings. The summed E-state index contributed by atoms with van der Waals surface area (Å²) in [7, 11) is 0. The molecule has 0 aromatic heterocycles. The van der Waals surface area contributed by atoms with Crippen molar-refractivity contribution >= 4 is 5.91 Å². The maximum Gasteiger partial charge on any atom is 0.222 e. The third-order valence-electron chi connectivity index (χ3n) is 2.79. The van der Waals surface area contributed by atoms with Gasteiger partial charge in [0, 0.05) is 19.5 Å². The monoisotopic (exact) mass is 213 g/mol. The van der Waals surface area contributed by atoms with Gasteiger partial charge in [0.1, 0.15) is 0 Å². The number of carbonyl (C=O) groups is 1. The minimum absolute atomic E-state index is 0.324. The van der Waals surface area contributed by atoms with Gasteiger partial charge in [0.2, 0.25) is 5.91 Å². The zero-order chi connectivity index (χ0) is 11.7. The van der Waals surface area contributed by atoms with Gasteiger partial charge in [0.15, 0.2) is 0 Å². The molecule has 1 amide bonds. The fourth-order valence-corrected chi connectivity index (χ4v) is 1.74. The highest BCUT2D eigenvalue weighted by Gasteiger charge is 2.08. The lowest BCUT2D eigenvalue weighted by molar-refractivity contribution is -0.130. The SMILES string of the molecule is CCN(CC)C(=O)CCCCCC(C)C. The summed E-state index contributed by atoms with van der Waals surface area (Å²) in [6.07, 6.45) is 5.55. The molecule has 0 heterocycles. The van der Waals surface area contributed by atoms with Crippen molar-refractivity contribution in [3.63, 3.8) is 0 Å². The van der Waals surface area contributed by atoms with Crippen molar-refractivity contribution < 1.29 is 4.79 Å². The molecule has 0 rings (SSSR count). The Morgan fingerprint density at radius 1 is 1.07 bits per heavy atom. The van der Waals surface area contributed by atoms with Gasteiger partial charge in [-0.1, -0.05) is 33.1 Å². The van der Waals surface area contributed by atoms with Crippen LogP contribution in [0.1, 0.15) is 59.8 Å². The van der Waals surface area contributed by atoms with E-state index in [0.29, 0.717) is 5.91 Å². The van der Waals surface area contributed by atoms with Crippen LogP contribution in [-0.4, -0.2) is 23.9 Å². The largest absolute Gasteiger partial charge is 0.343 e. The molecule has 0 unspecified atom stereocenters. The zero-order valence-corrected chi connectivity index (χ0v) is 10.9. The zero-order valence-electron chi connectivity index (χ0n) is 10.9. The highest BCUT2D eigenvalue weighted by molar-refractivity contribution is 5.75. The van der Waals surface area contributed by atoms with E-state index in [9.17, 15) is 4.79 Å². The van der Waals surface area contributed by atoms with Gasteiger partial charge < -0.3 is 4.90 Å². The Morgan fingerprint density at radius 2 is 1.67 bits per heavy atom. The van der Waals surface area contributed by atoms with Crippen LogP contribution in [-0.2, 0) is 4.79 Å². The summed E-state index contributed by atoms with van der Waals surface area (Å²) in [6.45, 7) is 10.3. The highest BCUT2D eigenvalue weighted by atomic mass is 16.2. The maximum atomic E-state index is 11.6. The summed E-state index contributed by atoms with van der Waals surface area (Å²) in [4.78, 5) is 13.5. The summed E-state index contributed by atoms with van der Waals surface area (Å²) in [5.74, 6) is 1.12. The van der Waals surface area contributed by atoms with Crippen LogP contribution in [0, 0.1) is 5.92 Å². The normalized spacial score (nSPS) is 10.7. The molecule has 0 radical (unpaired) electrons. The smallest absolute Gasteiger partial charge is 0.222 e. The molecule has 0 N–H and O–H groups in total. The lowest BCUT2D eigenvalue weighted by atomic mass is 10.0. The molecule has 0 spiro atoms. The number of hydrogen-bond donors (Lipinski definition) is 0. The minimum atomic E-state index is 0.324. The molecular formula is C13H27NO. The van der Waals surface area contributed by atoms with Crippen molar-refractivity contribution in [2.24, 2.45) is 5.92 Å². The number of hydrogen-bond acceptors (Lipinski definition) is 1. The Balaban J connectivity index is 3.46. The van der Waals surface area contributed by atoms with Crippen LogP contribution in [0.2, 0.25) is 0 Å². The quantitative estimate of drug-likeness (QED) is 0.565. The van der Waals surface area contributed by atoms with E-state index in [1.54, 1.807) is 0 Å². The first-order valence-electron chi connectivity index (χ1n) is 6.39. The van der Waals surface area contributed by atoms with Gasteiger partial charge in [-0.15, -0.1) is 0 Å². The molecule has 0 bridgehead atoms. The van der Waals surface area contributed by atoms with Crippen molar-refractivity contribution in [3.8, 4) is 0 Å². The van der Waals surface area contributed by atoms with E-state index in [0.717, 1.165) is 31.8 Å². The minimum Gasteiger partial charge on any atom is -0.343 e. The standard InChI is InChI=1S/C13H27NO/c1-5-14(6-2)13(15)11-9-7-8-10-12(3)4/h12H,5-11H2,1-4H3. The van der Waals surface area contributed by atoms with Crippen molar-refractivity contribution in [1.82, 2.24) is 4.90 Å². The Morgan fingerprint density at radius 3 is 2.13 bits per heavy atom. The Bertz CT molecular complexity index is 162.